The summed E-state index contributed by atoms with van der Waals surface area (Å²) in [6, 6.07) is 0. The maximum absolute atomic E-state index is 12.9. The highest BCUT2D eigenvalue weighted by Crippen LogP contribution is 2.32. The van der Waals surface area contributed by atoms with E-state index in [4.69, 9.17) is 15.7 Å². The van der Waals surface area contributed by atoms with Crippen LogP contribution in [-0.4, -0.2) is 35.7 Å². The van der Waals surface area contributed by atoms with E-state index in [1.165, 1.54) is 0 Å². The van der Waals surface area contributed by atoms with Gasteiger partial charge in [0.25, 0.3) is 0 Å². The molecule has 0 radical (unpaired) electrons. The monoisotopic (exact) mass is 299 g/mol. The average molecular weight is 299 g/mol. The minimum atomic E-state index is -0.932. The Morgan fingerprint density at radius 3 is 2.48 bits per heavy atom. The number of hydrogen-bond donors (Lipinski definition) is 3. The van der Waals surface area contributed by atoms with Crippen molar-refractivity contribution < 1.29 is 14.7 Å². The van der Waals surface area contributed by atoms with Crippen LogP contribution in [0.25, 0.3) is 0 Å². The molecule has 1 atom stereocenters. The molecule has 1 saturated heterocycles. The molecule has 1 aliphatic rings. The van der Waals surface area contributed by atoms with E-state index in [-0.39, 0.29) is 17.3 Å². The standard InChI is InChI=1S/C15H29N3O3/c1-4-7-15(8-5-2,12(16)18-20)13(19)17-14(3)9-6-10-21-11-14/h20H,4-11H2,1-3H3,(H2,16,18)(H,17,19). The van der Waals surface area contributed by atoms with Gasteiger partial charge in [-0.1, -0.05) is 31.8 Å². The van der Waals surface area contributed by atoms with Crippen molar-refractivity contribution in [2.24, 2.45) is 16.3 Å². The smallest absolute Gasteiger partial charge is 0.234 e. The summed E-state index contributed by atoms with van der Waals surface area (Å²) in [5.41, 5.74) is 4.57. The minimum absolute atomic E-state index is 0.00373. The van der Waals surface area contributed by atoms with Crippen LogP contribution in [0.3, 0.4) is 0 Å². The Bertz CT molecular complexity index is 370. The number of hydrogen-bond acceptors (Lipinski definition) is 4. The van der Waals surface area contributed by atoms with Crippen LogP contribution in [0.4, 0.5) is 0 Å². The van der Waals surface area contributed by atoms with Crippen LogP contribution in [0.1, 0.15) is 59.3 Å². The van der Waals surface area contributed by atoms with Gasteiger partial charge in [-0.15, -0.1) is 0 Å². The quantitative estimate of drug-likeness (QED) is 0.290. The Morgan fingerprint density at radius 1 is 1.43 bits per heavy atom. The predicted molar refractivity (Wildman–Crippen MR) is 82.3 cm³/mol. The summed E-state index contributed by atoms with van der Waals surface area (Å²) in [6.45, 7) is 7.21. The van der Waals surface area contributed by atoms with Gasteiger partial charge < -0.3 is 21.0 Å². The molecule has 122 valence electrons. The van der Waals surface area contributed by atoms with E-state index >= 15 is 0 Å². The first kappa shape index (κ1) is 17.8. The van der Waals surface area contributed by atoms with Gasteiger partial charge in [-0.05, 0) is 32.6 Å². The molecule has 6 heteroatoms. The molecule has 0 spiro atoms. The van der Waals surface area contributed by atoms with E-state index in [0.29, 0.717) is 19.4 Å². The molecule has 1 heterocycles. The second-order valence-electron chi connectivity index (χ2n) is 6.24. The van der Waals surface area contributed by atoms with Crippen LogP contribution in [-0.2, 0) is 9.53 Å². The highest BCUT2D eigenvalue weighted by molar-refractivity contribution is 6.06. The number of ether oxygens (including phenoxy) is 1. The Hall–Kier alpha value is -1.30. The van der Waals surface area contributed by atoms with Gasteiger partial charge in [-0.3, -0.25) is 4.79 Å². The lowest BCUT2D eigenvalue weighted by atomic mass is 9.76. The number of rotatable bonds is 7. The molecule has 1 amide bonds. The van der Waals surface area contributed by atoms with Crippen LogP contribution in [0, 0.1) is 5.41 Å². The number of nitrogens with one attached hydrogen (secondary N) is 1. The summed E-state index contributed by atoms with van der Waals surface area (Å²) < 4.78 is 5.48. The third-order valence-corrected chi connectivity index (χ3v) is 4.24. The van der Waals surface area contributed by atoms with E-state index < -0.39 is 5.41 Å². The van der Waals surface area contributed by atoms with Gasteiger partial charge in [0.05, 0.1) is 12.1 Å². The molecule has 0 bridgehead atoms. The van der Waals surface area contributed by atoms with Gasteiger partial charge in [-0.2, -0.15) is 0 Å². The summed E-state index contributed by atoms with van der Waals surface area (Å²) in [4.78, 5) is 12.9. The zero-order valence-corrected chi connectivity index (χ0v) is 13.4. The first-order valence-electron chi connectivity index (χ1n) is 7.82. The molecule has 1 unspecified atom stereocenters. The number of oxime groups is 1. The normalized spacial score (nSPS) is 23.9. The zero-order valence-electron chi connectivity index (χ0n) is 13.4. The van der Waals surface area contributed by atoms with Crippen molar-refractivity contribution >= 4 is 11.7 Å². The fourth-order valence-corrected chi connectivity index (χ4v) is 3.10. The van der Waals surface area contributed by atoms with Gasteiger partial charge >= 0.3 is 0 Å². The second kappa shape index (κ2) is 7.64. The lowest BCUT2D eigenvalue weighted by Gasteiger charge is -2.39. The van der Waals surface area contributed by atoms with Crippen molar-refractivity contribution in [2.45, 2.75) is 64.8 Å². The van der Waals surface area contributed by atoms with Crippen molar-refractivity contribution in [3.63, 3.8) is 0 Å². The lowest BCUT2D eigenvalue weighted by molar-refractivity contribution is -0.132. The predicted octanol–water partition coefficient (Wildman–Crippen LogP) is 2.00. The van der Waals surface area contributed by atoms with Crippen LogP contribution in [0.15, 0.2) is 5.16 Å². The first-order chi connectivity index (χ1) is 9.94. The van der Waals surface area contributed by atoms with Crippen molar-refractivity contribution in [3.8, 4) is 0 Å². The van der Waals surface area contributed by atoms with E-state index in [9.17, 15) is 4.79 Å². The first-order valence-corrected chi connectivity index (χ1v) is 7.82. The van der Waals surface area contributed by atoms with Gasteiger partial charge in [0.15, 0.2) is 5.84 Å². The molecule has 21 heavy (non-hydrogen) atoms. The molecule has 0 aromatic carbocycles. The summed E-state index contributed by atoms with van der Waals surface area (Å²) in [5, 5.41) is 15.3. The Labute approximate surface area is 127 Å². The Morgan fingerprint density at radius 2 is 2.05 bits per heavy atom. The number of nitrogens with two attached hydrogens (primary N) is 1. The molecule has 6 nitrogen and oxygen atoms in total. The van der Waals surface area contributed by atoms with Gasteiger partial charge in [-0.25, -0.2) is 0 Å². The zero-order chi connectivity index (χ0) is 15.9. The molecule has 0 aliphatic carbocycles. The molecule has 0 saturated carbocycles. The molecule has 1 rings (SSSR count). The maximum Gasteiger partial charge on any atom is 0.234 e. The number of nitrogens with zero attached hydrogens (tertiary/aromatic N) is 1. The number of amidine groups is 1. The highest BCUT2D eigenvalue weighted by atomic mass is 16.5. The molecular formula is C15H29N3O3. The van der Waals surface area contributed by atoms with Gasteiger partial charge in [0, 0.05) is 6.61 Å². The van der Waals surface area contributed by atoms with Crippen molar-refractivity contribution in [2.75, 3.05) is 13.2 Å². The average Bonchev–Trinajstić information content (AvgIpc) is 2.46. The van der Waals surface area contributed by atoms with E-state index in [2.05, 4.69) is 10.5 Å². The largest absolute Gasteiger partial charge is 0.409 e. The van der Waals surface area contributed by atoms with Gasteiger partial charge in [0.2, 0.25) is 5.91 Å². The number of carbonyl (C=O) groups excluding carboxylic acids is 1. The summed E-state index contributed by atoms with van der Waals surface area (Å²) in [5.74, 6) is -0.154. The minimum Gasteiger partial charge on any atom is -0.409 e. The fraction of sp³-hybridized carbons (Fsp3) is 0.867. The van der Waals surface area contributed by atoms with E-state index in [1.54, 1.807) is 0 Å². The van der Waals surface area contributed by atoms with Gasteiger partial charge in [0.1, 0.15) is 5.41 Å². The van der Waals surface area contributed by atoms with Crippen LogP contribution in [0.5, 0.6) is 0 Å². The Kier molecular flexibility index (Phi) is 6.45. The second-order valence-corrected chi connectivity index (χ2v) is 6.24. The summed E-state index contributed by atoms with van der Waals surface area (Å²) in [7, 11) is 0. The summed E-state index contributed by atoms with van der Waals surface area (Å²) in [6.07, 6.45) is 4.52. The van der Waals surface area contributed by atoms with E-state index in [0.717, 1.165) is 32.3 Å². The van der Waals surface area contributed by atoms with Crippen molar-refractivity contribution in [1.82, 2.24) is 5.32 Å². The Balaban J connectivity index is 2.98. The van der Waals surface area contributed by atoms with Crippen LogP contribution < -0.4 is 11.1 Å². The molecule has 4 N–H and O–H groups in total. The molecule has 0 aromatic rings. The molecule has 0 aromatic heterocycles. The third-order valence-electron chi connectivity index (χ3n) is 4.24. The lowest BCUT2D eigenvalue weighted by Crippen LogP contribution is -2.59. The van der Waals surface area contributed by atoms with Crippen LogP contribution in [0.2, 0.25) is 0 Å². The maximum atomic E-state index is 12.9. The number of carbonyl (C=O) groups is 1. The van der Waals surface area contributed by atoms with E-state index in [1.807, 2.05) is 20.8 Å². The highest BCUT2D eigenvalue weighted by Gasteiger charge is 2.44. The van der Waals surface area contributed by atoms with Crippen LogP contribution >= 0.6 is 0 Å². The number of amides is 1. The molecular weight excluding hydrogens is 270 g/mol. The van der Waals surface area contributed by atoms with Crippen molar-refractivity contribution in [3.05, 3.63) is 0 Å². The third kappa shape index (κ3) is 4.09. The SMILES string of the molecule is CCCC(CCC)(C(=O)NC1(C)CCCOC1)C(N)=NO. The molecule has 1 aliphatic heterocycles. The molecule has 1 fully saturated rings. The summed E-state index contributed by atoms with van der Waals surface area (Å²) >= 11 is 0. The topological polar surface area (TPSA) is 96.9 Å². The fourth-order valence-electron chi connectivity index (χ4n) is 3.10. The van der Waals surface area contributed by atoms with Crippen molar-refractivity contribution in [1.29, 1.82) is 0 Å².